The largest absolute Gasteiger partial charge is 0.479 e. The van der Waals surface area contributed by atoms with E-state index in [-0.39, 0.29) is 0 Å². The molecule has 0 unspecified atom stereocenters. The van der Waals surface area contributed by atoms with Crippen LogP contribution in [0.3, 0.4) is 0 Å². The van der Waals surface area contributed by atoms with E-state index in [9.17, 15) is 14.7 Å². The number of carboxylic acids is 1. The van der Waals surface area contributed by atoms with Crippen LogP contribution in [0.4, 0.5) is 4.79 Å². The van der Waals surface area contributed by atoms with Crippen molar-refractivity contribution in [2.45, 2.75) is 32.4 Å². The fourth-order valence-corrected chi connectivity index (χ4v) is 2.03. The van der Waals surface area contributed by atoms with Crippen LogP contribution in [-0.4, -0.2) is 27.8 Å². The predicted molar refractivity (Wildman–Crippen MR) is 78.0 cm³/mol. The second-order valence-electron chi connectivity index (χ2n) is 5.71. The van der Waals surface area contributed by atoms with Crippen molar-refractivity contribution in [2.75, 3.05) is 0 Å². The van der Waals surface area contributed by atoms with E-state index < -0.39 is 23.7 Å². The lowest BCUT2D eigenvalue weighted by atomic mass is 10.1. The maximum atomic E-state index is 11.8. The van der Waals surface area contributed by atoms with Gasteiger partial charge in [-0.05, 0) is 26.8 Å². The summed E-state index contributed by atoms with van der Waals surface area (Å²) in [6.07, 6.45) is 0.820. The standard InChI is InChI=1S/C15H18N2O4/c1-15(2,3)21-14(20)17-12(13(18)19)10-8-16-11-7-5-4-6-9(10)11/h4-8,12,16H,1-3H3,(H,17,20)(H,18,19)/t12-/m0/s1. The van der Waals surface area contributed by atoms with Gasteiger partial charge in [0.05, 0.1) is 0 Å². The number of aromatic amines is 1. The maximum Gasteiger partial charge on any atom is 0.408 e. The fraction of sp³-hybridized carbons (Fsp3) is 0.333. The molecular weight excluding hydrogens is 272 g/mol. The molecule has 0 saturated carbocycles. The van der Waals surface area contributed by atoms with Crippen molar-refractivity contribution >= 4 is 23.0 Å². The van der Waals surface area contributed by atoms with Gasteiger partial charge in [0.25, 0.3) is 0 Å². The second-order valence-corrected chi connectivity index (χ2v) is 5.71. The maximum absolute atomic E-state index is 11.8. The van der Waals surface area contributed by atoms with Crippen LogP contribution >= 0.6 is 0 Å². The Kier molecular flexibility index (Phi) is 3.88. The Bertz CT molecular complexity index is 670. The van der Waals surface area contributed by atoms with Gasteiger partial charge in [-0.3, -0.25) is 0 Å². The minimum absolute atomic E-state index is 0.490. The molecule has 0 bridgehead atoms. The number of H-pyrrole nitrogens is 1. The van der Waals surface area contributed by atoms with Crippen molar-refractivity contribution in [2.24, 2.45) is 0 Å². The number of alkyl carbamates (subject to hydrolysis) is 1. The fourth-order valence-electron chi connectivity index (χ4n) is 2.03. The van der Waals surface area contributed by atoms with Gasteiger partial charge in [0.2, 0.25) is 0 Å². The normalized spacial score (nSPS) is 12.9. The van der Waals surface area contributed by atoms with Gasteiger partial charge in [0.15, 0.2) is 6.04 Å². The highest BCUT2D eigenvalue weighted by atomic mass is 16.6. The lowest BCUT2D eigenvalue weighted by Crippen LogP contribution is -2.38. The third-order valence-electron chi connectivity index (χ3n) is 2.84. The molecule has 0 aliphatic carbocycles. The monoisotopic (exact) mass is 290 g/mol. The first-order chi connectivity index (χ1) is 9.78. The molecule has 21 heavy (non-hydrogen) atoms. The number of amides is 1. The number of aliphatic carboxylic acids is 1. The minimum Gasteiger partial charge on any atom is -0.479 e. The van der Waals surface area contributed by atoms with Crippen LogP contribution in [0, 0.1) is 0 Å². The number of carbonyl (C=O) groups excluding carboxylic acids is 1. The first kappa shape index (κ1) is 14.9. The molecule has 0 saturated heterocycles. The van der Waals surface area contributed by atoms with Crippen LogP contribution < -0.4 is 5.32 Å². The van der Waals surface area contributed by atoms with Crippen LogP contribution in [0.2, 0.25) is 0 Å². The van der Waals surface area contributed by atoms with Crippen molar-refractivity contribution in [3.63, 3.8) is 0 Å². The van der Waals surface area contributed by atoms with Gasteiger partial charge in [-0.1, -0.05) is 18.2 Å². The molecule has 2 aromatic rings. The zero-order valence-corrected chi connectivity index (χ0v) is 12.1. The Labute approximate surface area is 122 Å². The lowest BCUT2D eigenvalue weighted by molar-refractivity contribution is -0.139. The van der Waals surface area contributed by atoms with Crippen LogP contribution in [0.5, 0.6) is 0 Å². The first-order valence-electron chi connectivity index (χ1n) is 6.56. The van der Waals surface area contributed by atoms with Gasteiger partial charge >= 0.3 is 12.1 Å². The molecule has 1 amide bonds. The molecule has 1 atom stereocenters. The van der Waals surface area contributed by atoms with E-state index in [0.717, 1.165) is 10.9 Å². The molecule has 2 rings (SSSR count). The quantitative estimate of drug-likeness (QED) is 0.810. The number of nitrogens with one attached hydrogen (secondary N) is 2. The van der Waals surface area contributed by atoms with E-state index in [4.69, 9.17) is 4.74 Å². The SMILES string of the molecule is CC(C)(C)OC(=O)N[C@H](C(=O)O)c1c[nH]c2ccccc12. The van der Waals surface area contributed by atoms with Crippen molar-refractivity contribution in [3.05, 3.63) is 36.0 Å². The van der Waals surface area contributed by atoms with E-state index in [0.29, 0.717) is 5.56 Å². The molecule has 0 aliphatic heterocycles. The molecule has 1 aromatic heterocycles. The van der Waals surface area contributed by atoms with E-state index >= 15 is 0 Å². The number of hydrogen-bond donors (Lipinski definition) is 3. The Morgan fingerprint density at radius 2 is 1.95 bits per heavy atom. The average molecular weight is 290 g/mol. The molecule has 1 aromatic carbocycles. The number of fused-ring (bicyclic) bond motifs is 1. The Hall–Kier alpha value is -2.50. The molecule has 3 N–H and O–H groups in total. The summed E-state index contributed by atoms with van der Waals surface area (Å²) < 4.78 is 5.10. The van der Waals surface area contributed by atoms with Gasteiger partial charge in [-0.2, -0.15) is 0 Å². The second kappa shape index (κ2) is 5.47. The zero-order chi connectivity index (χ0) is 15.6. The summed E-state index contributed by atoms with van der Waals surface area (Å²) in [5.41, 5.74) is 0.613. The zero-order valence-electron chi connectivity index (χ0n) is 12.1. The van der Waals surface area contributed by atoms with Gasteiger partial charge in [0.1, 0.15) is 5.60 Å². The molecule has 6 nitrogen and oxygen atoms in total. The van der Waals surface area contributed by atoms with Crippen LogP contribution in [0.1, 0.15) is 32.4 Å². The Morgan fingerprint density at radius 1 is 1.29 bits per heavy atom. The summed E-state index contributed by atoms with van der Waals surface area (Å²) in [6, 6.07) is 6.13. The number of aromatic nitrogens is 1. The number of benzene rings is 1. The third kappa shape index (κ3) is 3.53. The average Bonchev–Trinajstić information content (AvgIpc) is 2.77. The van der Waals surface area contributed by atoms with Crippen molar-refractivity contribution in [1.82, 2.24) is 10.3 Å². The predicted octanol–water partition coefficient (Wildman–Crippen LogP) is 2.82. The molecule has 1 heterocycles. The van der Waals surface area contributed by atoms with Gasteiger partial charge in [-0.25, -0.2) is 9.59 Å². The molecule has 0 aliphatic rings. The molecule has 0 fully saturated rings. The lowest BCUT2D eigenvalue weighted by Gasteiger charge is -2.21. The van der Waals surface area contributed by atoms with Crippen LogP contribution in [0.15, 0.2) is 30.5 Å². The highest BCUT2D eigenvalue weighted by molar-refractivity contribution is 5.90. The summed E-state index contributed by atoms with van der Waals surface area (Å²) in [5.74, 6) is -1.15. The smallest absolute Gasteiger partial charge is 0.408 e. The molecule has 0 spiro atoms. The van der Waals surface area contributed by atoms with E-state index in [1.807, 2.05) is 18.2 Å². The first-order valence-corrected chi connectivity index (χ1v) is 6.56. The molecule has 0 radical (unpaired) electrons. The van der Waals surface area contributed by atoms with Crippen LogP contribution in [-0.2, 0) is 9.53 Å². The van der Waals surface area contributed by atoms with E-state index in [1.165, 1.54) is 0 Å². The molecule has 112 valence electrons. The number of ether oxygens (including phenoxy) is 1. The van der Waals surface area contributed by atoms with Gasteiger partial charge in [0, 0.05) is 22.7 Å². The Morgan fingerprint density at radius 3 is 2.57 bits per heavy atom. The summed E-state index contributed by atoms with van der Waals surface area (Å²) in [5, 5.41) is 12.5. The highest BCUT2D eigenvalue weighted by Crippen LogP contribution is 2.24. The topological polar surface area (TPSA) is 91.4 Å². The van der Waals surface area contributed by atoms with Gasteiger partial charge < -0.3 is 20.1 Å². The Balaban J connectivity index is 2.28. The molecule has 6 heteroatoms. The van der Waals surface area contributed by atoms with Crippen molar-refractivity contribution < 1.29 is 19.4 Å². The highest BCUT2D eigenvalue weighted by Gasteiger charge is 2.27. The minimum atomic E-state index is -1.17. The summed E-state index contributed by atoms with van der Waals surface area (Å²) in [4.78, 5) is 26.2. The van der Waals surface area contributed by atoms with E-state index in [1.54, 1.807) is 33.0 Å². The number of para-hydroxylation sites is 1. The van der Waals surface area contributed by atoms with Gasteiger partial charge in [-0.15, -0.1) is 0 Å². The van der Waals surface area contributed by atoms with Crippen molar-refractivity contribution in [3.8, 4) is 0 Å². The molecular formula is C15H18N2O4. The number of rotatable bonds is 3. The third-order valence-corrected chi connectivity index (χ3v) is 2.84. The van der Waals surface area contributed by atoms with E-state index in [2.05, 4.69) is 10.3 Å². The number of hydrogen-bond acceptors (Lipinski definition) is 3. The summed E-state index contributed by atoms with van der Waals surface area (Å²) in [7, 11) is 0. The summed E-state index contributed by atoms with van der Waals surface area (Å²) >= 11 is 0. The number of carbonyl (C=O) groups is 2. The van der Waals surface area contributed by atoms with Crippen molar-refractivity contribution in [1.29, 1.82) is 0 Å². The summed E-state index contributed by atoms with van der Waals surface area (Å²) in [6.45, 7) is 5.15. The number of carboxylic acid groups (broad SMARTS) is 1. The van der Waals surface area contributed by atoms with Crippen LogP contribution in [0.25, 0.3) is 10.9 Å².